The topological polar surface area (TPSA) is 122 Å². The predicted octanol–water partition coefficient (Wildman–Crippen LogP) is 7.23. The summed E-state index contributed by atoms with van der Waals surface area (Å²) in [5.41, 5.74) is 4.96. The molecule has 1 aliphatic rings. The lowest BCUT2D eigenvalue weighted by molar-refractivity contribution is 0.405. The van der Waals surface area contributed by atoms with Crippen LogP contribution in [0.25, 0.3) is 11.3 Å². The van der Waals surface area contributed by atoms with Crippen molar-refractivity contribution in [1.29, 1.82) is 0 Å². The van der Waals surface area contributed by atoms with E-state index in [4.69, 9.17) is 4.98 Å². The van der Waals surface area contributed by atoms with Gasteiger partial charge in [0.05, 0.1) is 27.0 Å². The lowest BCUT2D eigenvalue weighted by Gasteiger charge is -2.23. The number of anilines is 2. The molecule has 1 aliphatic heterocycles. The average Bonchev–Trinajstić information content (AvgIpc) is 3.67. The highest BCUT2D eigenvalue weighted by Gasteiger charge is 2.19. The van der Waals surface area contributed by atoms with Crippen LogP contribution in [0.1, 0.15) is 62.4 Å². The van der Waals surface area contributed by atoms with Crippen molar-refractivity contribution in [3.63, 3.8) is 0 Å². The molecule has 1 saturated heterocycles. The van der Waals surface area contributed by atoms with E-state index in [1.807, 2.05) is 41.2 Å². The van der Waals surface area contributed by atoms with Crippen LogP contribution in [0.15, 0.2) is 88.7 Å². The Hall–Kier alpha value is -3.94. The Morgan fingerprint density at radius 1 is 0.800 bits per heavy atom. The Balaban J connectivity index is 0.000000169. The molecule has 7 rings (SSSR count). The van der Waals surface area contributed by atoms with E-state index in [0.29, 0.717) is 19.1 Å². The number of hydrogen-bond acceptors (Lipinski definition) is 9. The van der Waals surface area contributed by atoms with Crippen molar-refractivity contribution in [2.75, 3.05) is 17.2 Å². The summed E-state index contributed by atoms with van der Waals surface area (Å²) >= 11 is 6.96. The lowest BCUT2D eigenvalue weighted by atomic mass is 10.0. The maximum Gasteiger partial charge on any atom is 0.171 e. The third kappa shape index (κ3) is 8.62. The smallest absolute Gasteiger partial charge is 0.171 e. The molecule has 0 bridgehead atoms. The van der Waals surface area contributed by atoms with Crippen LogP contribution in [0.4, 0.5) is 11.6 Å². The first-order valence-corrected chi connectivity index (χ1v) is 16.7. The monoisotopic (exact) mass is 733 g/mol. The molecule has 3 N–H and O–H groups in total. The maximum atomic E-state index is 4.81. The minimum absolute atomic E-state index is 0.310. The minimum atomic E-state index is 0.310. The fourth-order valence-corrected chi connectivity index (χ4v) is 5.46. The molecule has 1 atom stereocenters. The summed E-state index contributed by atoms with van der Waals surface area (Å²) in [7, 11) is 0. The number of nitrogens with one attached hydrogen (secondary N) is 3. The fourth-order valence-electron chi connectivity index (χ4n) is 4.75. The molecular formula is C32H37Br2N11. The van der Waals surface area contributed by atoms with E-state index in [9.17, 15) is 0 Å². The van der Waals surface area contributed by atoms with Crippen LogP contribution >= 0.6 is 31.9 Å². The van der Waals surface area contributed by atoms with Crippen LogP contribution in [0.3, 0.4) is 0 Å². The molecule has 1 fully saturated rings. The van der Waals surface area contributed by atoms with Crippen LogP contribution in [0.2, 0.25) is 0 Å². The van der Waals surface area contributed by atoms with Gasteiger partial charge in [0.25, 0.3) is 0 Å². The normalized spacial score (nSPS) is 14.3. The van der Waals surface area contributed by atoms with Gasteiger partial charge in [0, 0.05) is 56.2 Å². The van der Waals surface area contributed by atoms with Crippen molar-refractivity contribution in [1.82, 2.24) is 44.5 Å². The quantitative estimate of drug-likeness (QED) is 0.156. The van der Waals surface area contributed by atoms with Crippen LogP contribution < -0.4 is 16.0 Å². The van der Waals surface area contributed by atoms with E-state index in [1.54, 1.807) is 35.5 Å². The van der Waals surface area contributed by atoms with Crippen LogP contribution in [-0.2, 0) is 13.1 Å². The standard InChI is InChI=1S/C17H19BrN6.C12H10BrN5.C3H8/c18-13-11-22-24-16(21-10-12-4-3-6-19-9-12)8-15(23-17(13)24)14-5-1-2-7-20-14;13-10-8-17-18-11(3-5-15-12(10)18)16-7-9-2-1-4-14-6-9;1-3-2/h3-4,6,8-9,11,14,20-21H,1-2,5,7,10H2;1-6,8,16H,7H2;3H2,1-2H3. The number of hydrogen-bond donors (Lipinski definition) is 3. The highest BCUT2D eigenvalue weighted by atomic mass is 79.9. The molecule has 45 heavy (non-hydrogen) atoms. The van der Waals surface area contributed by atoms with Crippen LogP contribution in [0.5, 0.6) is 0 Å². The van der Waals surface area contributed by atoms with Gasteiger partial charge in [0.15, 0.2) is 11.3 Å². The molecule has 0 aliphatic carbocycles. The minimum Gasteiger partial charge on any atom is -0.366 e. The van der Waals surface area contributed by atoms with Gasteiger partial charge in [-0.25, -0.2) is 9.97 Å². The molecule has 0 spiro atoms. The summed E-state index contributed by atoms with van der Waals surface area (Å²) in [5.74, 6) is 1.84. The molecule has 0 amide bonds. The number of halogens is 2. The van der Waals surface area contributed by atoms with Crippen LogP contribution in [-0.4, -0.2) is 45.7 Å². The van der Waals surface area contributed by atoms with E-state index in [2.05, 4.69) is 98.9 Å². The summed E-state index contributed by atoms with van der Waals surface area (Å²) < 4.78 is 5.39. The zero-order valence-corrected chi connectivity index (χ0v) is 28.5. The largest absolute Gasteiger partial charge is 0.366 e. The number of rotatable bonds is 7. The van der Waals surface area contributed by atoms with Crippen molar-refractivity contribution >= 4 is 54.8 Å². The Kier molecular flexibility index (Phi) is 11.8. The van der Waals surface area contributed by atoms with Gasteiger partial charge in [-0.15, -0.1) is 0 Å². The highest BCUT2D eigenvalue weighted by molar-refractivity contribution is 9.11. The Labute approximate surface area is 279 Å². The molecule has 234 valence electrons. The van der Waals surface area contributed by atoms with E-state index in [0.717, 1.165) is 61.7 Å². The Morgan fingerprint density at radius 2 is 1.42 bits per heavy atom. The molecule has 6 aromatic heterocycles. The molecule has 13 heteroatoms. The Morgan fingerprint density at radius 3 is 2.02 bits per heavy atom. The number of piperidine rings is 1. The third-order valence-corrected chi connectivity index (χ3v) is 7.99. The number of aromatic nitrogens is 8. The molecule has 1 unspecified atom stereocenters. The van der Waals surface area contributed by atoms with Gasteiger partial charge in [0.2, 0.25) is 0 Å². The summed E-state index contributed by atoms with van der Waals surface area (Å²) in [6.07, 6.45) is 17.4. The van der Waals surface area contributed by atoms with Crippen molar-refractivity contribution in [3.8, 4) is 0 Å². The van der Waals surface area contributed by atoms with Gasteiger partial charge < -0.3 is 16.0 Å². The molecular weight excluding hydrogens is 698 g/mol. The SMILES string of the molecule is Brc1cnn2c(NCc3cccnc3)cc(C3CCCCN3)nc12.Brc1cnn2c(NCc3cccnc3)ccnc12.CCC. The molecule has 0 radical (unpaired) electrons. The molecule has 6 aromatic rings. The van der Waals surface area contributed by atoms with Crippen molar-refractivity contribution < 1.29 is 0 Å². The summed E-state index contributed by atoms with van der Waals surface area (Å²) in [6.45, 7) is 6.70. The number of fused-ring (bicyclic) bond motifs is 2. The van der Waals surface area contributed by atoms with Gasteiger partial charge in [-0.1, -0.05) is 38.8 Å². The van der Waals surface area contributed by atoms with Crippen molar-refractivity contribution in [3.05, 3.63) is 106 Å². The van der Waals surface area contributed by atoms with Gasteiger partial charge in [-0.3, -0.25) is 9.97 Å². The summed E-state index contributed by atoms with van der Waals surface area (Å²) in [6, 6.07) is 12.3. The van der Waals surface area contributed by atoms with Crippen molar-refractivity contribution in [2.45, 2.75) is 58.7 Å². The number of pyridine rings is 2. The lowest BCUT2D eigenvalue weighted by Crippen LogP contribution is -2.27. The molecule has 0 aromatic carbocycles. The second-order valence-corrected chi connectivity index (χ2v) is 12.2. The first-order valence-electron chi connectivity index (χ1n) is 15.1. The number of nitrogens with zero attached hydrogens (tertiary/aromatic N) is 8. The van der Waals surface area contributed by atoms with E-state index < -0.39 is 0 Å². The van der Waals surface area contributed by atoms with Crippen molar-refractivity contribution in [2.24, 2.45) is 0 Å². The first kappa shape index (κ1) is 32.5. The van der Waals surface area contributed by atoms with E-state index in [-0.39, 0.29) is 0 Å². The predicted molar refractivity (Wildman–Crippen MR) is 185 cm³/mol. The second-order valence-electron chi connectivity index (χ2n) is 10.5. The van der Waals surface area contributed by atoms with E-state index in [1.165, 1.54) is 19.3 Å². The van der Waals surface area contributed by atoms with Gasteiger partial charge in [-0.2, -0.15) is 19.2 Å². The maximum absolute atomic E-state index is 4.81. The molecule has 7 heterocycles. The van der Waals surface area contributed by atoms with Gasteiger partial charge >= 0.3 is 0 Å². The van der Waals surface area contributed by atoms with Gasteiger partial charge in [-0.05, 0) is 80.6 Å². The first-order chi connectivity index (χ1) is 22.1. The Bertz CT molecular complexity index is 1770. The summed E-state index contributed by atoms with van der Waals surface area (Å²) in [4.78, 5) is 17.3. The zero-order chi connectivity index (χ0) is 31.4. The van der Waals surface area contributed by atoms with Gasteiger partial charge in [0.1, 0.15) is 11.6 Å². The fraction of sp³-hybridized carbons (Fsp3) is 0.312. The second kappa shape index (κ2) is 16.4. The highest BCUT2D eigenvalue weighted by Crippen LogP contribution is 2.27. The third-order valence-electron chi connectivity index (χ3n) is 6.87. The average molecular weight is 736 g/mol. The van der Waals surface area contributed by atoms with E-state index >= 15 is 0 Å². The molecule has 0 saturated carbocycles. The zero-order valence-electron chi connectivity index (χ0n) is 25.4. The molecule has 11 nitrogen and oxygen atoms in total. The summed E-state index contributed by atoms with van der Waals surface area (Å²) in [5, 5.41) is 19.0. The van der Waals surface area contributed by atoms with Crippen LogP contribution in [0, 0.1) is 0 Å².